The van der Waals surface area contributed by atoms with Crippen LogP contribution in [-0.4, -0.2) is 42.3 Å². The maximum atomic E-state index is 11.1. The van der Waals surface area contributed by atoms with Crippen LogP contribution in [0.5, 0.6) is 0 Å². The Morgan fingerprint density at radius 2 is 1.73 bits per heavy atom. The number of hydrogen-bond acceptors (Lipinski definition) is 5. The molecule has 0 aliphatic rings. The molecule has 0 saturated carbocycles. The second-order valence-electron chi connectivity index (χ2n) is 8.17. The van der Waals surface area contributed by atoms with E-state index in [0.717, 1.165) is 11.8 Å². The van der Waals surface area contributed by atoms with E-state index in [2.05, 4.69) is 33.9 Å². The summed E-state index contributed by atoms with van der Waals surface area (Å²) in [5.74, 6) is 0. The number of hydrogen-bond donors (Lipinski definition) is 0. The van der Waals surface area contributed by atoms with Gasteiger partial charge in [0, 0.05) is 0 Å². The van der Waals surface area contributed by atoms with Crippen molar-refractivity contribution in [1.82, 2.24) is 0 Å². The highest BCUT2D eigenvalue weighted by molar-refractivity contribution is 7.85. The van der Waals surface area contributed by atoms with Crippen LogP contribution in [-0.2, 0) is 30.1 Å². The van der Waals surface area contributed by atoms with Crippen molar-refractivity contribution in [2.75, 3.05) is 19.5 Å². The van der Waals surface area contributed by atoms with Crippen LogP contribution < -0.4 is 0 Å². The van der Waals surface area contributed by atoms with Crippen molar-refractivity contribution in [3.8, 4) is 0 Å². The zero-order valence-electron chi connectivity index (χ0n) is 16.9. The summed E-state index contributed by atoms with van der Waals surface area (Å²) in [6.45, 7) is 12.2. The predicted octanol–water partition coefficient (Wildman–Crippen LogP) is 4.35. The monoisotopic (exact) mass is 402 g/mol. The average Bonchev–Trinajstić information content (AvgIpc) is 2.50. The van der Waals surface area contributed by atoms with Crippen molar-refractivity contribution >= 4 is 18.4 Å². The minimum absolute atomic E-state index is 0.0669. The molecule has 0 amide bonds. The maximum Gasteiger partial charge on any atom is 0.264 e. The highest BCUT2D eigenvalue weighted by Gasteiger charge is 2.39. The molecule has 1 rings (SSSR count). The Morgan fingerprint density at radius 1 is 1.12 bits per heavy atom. The molecule has 0 aliphatic heterocycles. The summed E-state index contributed by atoms with van der Waals surface area (Å²) in [6, 6.07) is 10.0. The third-order valence-corrected chi connectivity index (χ3v) is 9.78. The summed E-state index contributed by atoms with van der Waals surface area (Å²) in [4.78, 5) is 0. The fourth-order valence-corrected chi connectivity index (χ4v) is 3.97. The molecule has 0 saturated heterocycles. The minimum Gasteiger partial charge on any atom is -0.412 e. The van der Waals surface area contributed by atoms with Gasteiger partial charge in [0.05, 0.1) is 32.2 Å². The molecule has 0 aliphatic carbocycles. The lowest BCUT2D eigenvalue weighted by molar-refractivity contribution is 0.0282. The van der Waals surface area contributed by atoms with Crippen LogP contribution in [0.3, 0.4) is 0 Å². The first kappa shape index (κ1) is 23.3. The summed E-state index contributed by atoms with van der Waals surface area (Å²) in [5, 5.41) is 0.105. The lowest BCUT2D eigenvalue weighted by Crippen LogP contribution is -2.45. The Hall–Kier alpha value is -0.733. The Bertz CT molecular complexity index is 623. The van der Waals surface area contributed by atoms with Crippen LogP contribution in [0.25, 0.3) is 0 Å². The van der Waals surface area contributed by atoms with Crippen LogP contribution in [0.2, 0.25) is 18.1 Å². The second kappa shape index (κ2) is 9.99. The molecular weight excluding hydrogens is 368 g/mol. The molecule has 0 N–H and O–H groups in total. The van der Waals surface area contributed by atoms with Gasteiger partial charge < -0.3 is 9.16 Å². The highest BCUT2D eigenvalue weighted by Crippen LogP contribution is 2.37. The van der Waals surface area contributed by atoms with Crippen LogP contribution in [0.1, 0.15) is 39.2 Å². The summed E-state index contributed by atoms with van der Waals surface area (Å²) in [6.07, 6.45) is 2.32. The average molecular weight is 403 g/mol. The third-order valence-electron chi connectivity index (χ3n) is 4.65. The van der Waals surface area contributed by atoms with Crippen molar-refractivity contribution in [1.29, 1.82) is 0 Å². The van der Waals surface area contributed by atoms with Gasteiger partial charge in [-0.05, 0) is 36.5 Å². The van der Waals surface area contributed by atoms with E-state index in [1.54, 1.807) is 0 Å². The van der Waals surface area contributed by atoms with Crippen molar-refractivity contribution in [2.45, 2.75) is 64.5 Å². The van der Waals surface area contributed by atoms with Crippen molar-refractivity contribution in [3.05, 3.63) is 35.9 Å². The minimum atomic E-state index is -3.40. The van der Waals surface area contributed by atoms with E-state index in [1.165, 1.54) is 0 Å². The lowest BCUT2D eigenvalue weighted by atomic mass is 10.2. The van der Waals surface area contributed by atoms with Gasteiger partial charge in [0.1, 0.15) is 0 Å². The molecule has 7 heteroatoms. The Balaban J connectivity index is 2.59. The zero-order valence-corrected chi connectivity index (χ0v) is 18.8. The van der Waals surface area contributed by atoms with E-state index in [-0.39, 0.29) is 17.7 Å². The molecular formula is C19H34O5SSi. The maximum absolute atomic E-state index is 11.1. The lowest BCUT2D eigenvalue weighted by Gasteiger charge is -2.39. The van der Waals surface area contributed by atoms with E-state index >= 15 is 0 Å². The van der Waals surface area contributed by atoms with Gasteiger partial charge >= 0.3 is 0 Å². The van der Waals surface area contributed by atoms with E-state index in [1.807, 2.05) is 30.3 Å². The molecule has 1 aromatic carbocycles. The Kier molecular flexibility index (Phi) is 8.95. The summed E-state index contributed by atoms with van der Waals surface area (Å²) in [7, 11) is -5.33. The van der Waals surface area contributed by atoms with Gasteiger partial charge in [0.2, 0.25) is 0 Å². The molecule has 1 atom stereocenters. The summed E-state index contributed by atoms with van der Waals surface area (Å²) >= 11 is 0. The molecule has 0 spiro atoms. The van der Waals surface area contributed by atoms with Crippen LogP contribution in [0.4, 0.5) is 0 Å². The van der Waals surface area contributed by atoms with Gasteiger partial charge in [-0.15, -0.1) is 0 Å². The number of ether oxygens (including phenoxy) is 1. The summed E-state index contributed by atoms with van der Waals surface area (Å²) in [5.41, 5.74) is 1.12. The fourth-order valence-electron chi connectivity index (χ4n) is 2.17. The molecule has 1 aromatic rings. The molecule has 150 valence electrons. The number of rotatable bonds is 11. The van der Waals surface area contributed by atoms with Crippen molar-refractivity contribution < 1.29 is 21.8 Å². The van der Waals surface area contributed by atoms with E-state index in [4.69, 9.17) is 13.3 Å². The second-order valence-corrected chi connectivity index (χ2v) is 14.6. The standard InChI is InChI=1S/C19H34O5SSi/c1-19(2,3)26(5,6)24-18(13-10-14-23-25(4,20)21)16-22-15-17-11-8-7-9-12-17/h7-9,11-12,18H,10,13-16H2,1-6H3/t18-/m1/s1. The van der Waals surface area contributed by atoms with Crippen molar-refractivity contribution in [3.63, 3.8) is 0 Å². The van der Waals surface area contributed by atoms with Crippen LogP contribution in [0.15, 0.2) is 30.3 Å². The molecule has 0 radical (unpaired) electrons. The van der Waals surface area contributed by atoms with Gasteiger partial charge in [-0.1, -0.05) is 51.1 Å². The molecule has 0 unspecified atom stereocenters. The smallest absolute Gasteiger partial charge is 0.264 e. The molecule has 0 bridgehead atoms. The molecule has 0 heterocycles. The van der Waals surface area contributed by atoms with Crippen molar-refractivity contribution in [2.24, 2.45) is 0 Å². The highest BCUT2D eigenvalue weighted by atomic mass is 32.2. The van der Waals surface area contributed by atoms with Gasteiger partial charge in [0.15, 0.2) is 8.32 Å². The summed E-state index contributed by atoms with van der Waals surface area (Å²) < 4.78 is 39.4. The third kappa shape index (κ3) is 9.28. The van der Waals surface area contributed by atoms with E-state index < -0.39 is 18.4 Å². The Labute approximate surface area is 160 Å². The van der Waals surface area contributed by atoms with E-state index in [0.29, 0.717) is 26.1 Å². The quantitative estimate of drug-likeness (QED) is 0.313. The first-order chi connectivity index (χ1) is 11.9. The Morgan fingerprint density at radius 3 is 2.27 bits per heavy atom. The van der Waals surface area contributed by atoms with Gasteiger partial charge in [-0.25, -0.2) is 0 Å². The van der Waals surface area contributed by atoms with Gasteiger partial charge in [0.25, 0.3) is 10.1 Å². The molecule has 0 aromatic heterocycles. The first-order valence-corrected chi connectivity index (χ1v) is 13.8. The van der Waals surface area contributed by atoms with Gasteiger partial charge in [-0.3, -0.25) is 4.18 Å². The zero-order chi connectivity index (χ0) is 19.8. The fraction of sp³-hybridized carbons (Fsp3) is 0.684. The molecule has 0 fully saturated rings. The van der Waals surface area contributed by atoms with Crippen LogP contribution >= 0.6 is 0 Å². The predicted molar refractivity (Wildman–Crippen MR) is 108 cm³/mol. The number of benzene rings is 1. The van der Waals surface area contributed by atoms with E-state index in [9.17, 15) is 8.42 Å². The van der Waals surface area contributed by atoms with Gasteiger partial charge in [-0.2, -0.15) is 8.42 Å². The topological polar surface area (TPSA) is 61.8 Å². The van der Waals surface area contributed by atoms with Crippen LogP contribution in [0, 0.1) is 0 Å². The normalized spacial score (nSPS) is 14.4. The molecule has 5 nitrogen and oxygen atoms in total. The molecule has 26 heavy (non-hydrogen) atoms. The largest absolute Gasteiger partial charge is 0.412 e. The first-order valence-electron chi connectivity index (χ1n) is 9.04. The SMILES string of the molecule is CC(C)(C)[Si](C)(C)O[C@H](CCCOS(C)(=O)=O)COCc1ccccc1.